The SMILES string of the molecule is COc1cc(Br)c(CCNC(=O)c2cc(-c3cccnc3)nc3ccccc23)cc1OC. The molecule has 0 unspecified atom stereocenters. The summed E-state index contributed by atoms with van der Waals surface area (Å²) in [6.45, 7) is 0.464. The van der Waals surface area contributed by atoms with Crippen molar-refractivity contribution >= 4 is 32.7 Å². The molecule has 7 heteroatoms. The van der Waals surface area contributed by atoms with Crippen LogP contribution in [-0.2, 0) is 6.42 Å². The maximum Gasteiger partial charge on any atom is 0.252 e. The van der Waals surface area contributed by atoms with E-state index in [4.69, 9.17) is 14.5 Å². The molecule has 2 aromatic carbocycles. The topological polar surface area (TPSA) is 73.3 Å². The third-order valence-corrected chi connectivity index (χ3v) is 5.89. The Morgan fingerprint density at radius 2 is 1.81 bits per heavy atom. The molecule has 0 saturated heterocycles. The molecule has 0 spiro atoms. The van der Waals surface area contributed by atoms with E-state index in [1.807, 2.05) is 54.6 Å². The van der Waals surface area contributed by atoms with E-state index in [2.05, 4.69) is 26.2 Å². The largest absolute Gasteiger partial charge is 0.493 e. The molecule has 2 heterocycles. The number of hydrogen-bond acceptors (Lipinski definition) is 5. The van der Waals surface area contributed by atoms with Crippen molar-refractivity contribution in [2.24, 2.45) is 0 Å². The summed E-state index contributed by atoms with van der Waals surface area (Å²) in [7, 11) is 3.20. The van der Waals surface area contributed by atoms with Crippen LogP contribution >= 0.6 is 15.9 Å². The Kier molecular flexibility index (Phi) is 6.66. The summed E-state index contributed by atoms with van der Waals surface area (Å²) >= 11 is 3.57. The van der Waals surface area contributed by atoms with Crippen molar-refractivity contribution in [1.82, 2.24) is 15.3 Å². The van der Waals surface area contributed by atoms with Crippen molar-refractivity contribution in [3.05, 3.63) is 82.6 Å². The molecule has 4 rings (SSSR count). The molecule has 0 atom stereocenters. The summed E-state index contributed by atoms with van der Waals surface area (Å²) in [5, 5.41) is 3.85. The molecule has 0 radical (unpaired) electrons. The normalized spacial score (nSPS) is 10.7. The minimum absolute atomic E-state index is 0.148. The van der Waals surface area contributed by atoms with Crippen LogP contribution in [0.3, 0.4) is 0 Å². The number of ether oxygens (including phenoxy) is 2. The molecular weight excluding hydrogens is 470 g/mol. The highest BCUT2D eigenvalue weighted by Gasteiger charge is 2.15. The number of rotatable bonds is 7. The Bertz CT molecular complexity index is 1260. The van der Waals surface area contributed by atoms with Gasteiger partial charge in [-0.2, -0.15) is 0 Å². The fourth-order valence-corrected chi connectivity index (χ4v) is 4.04. The van der Waals surface area contributed by atoms with Gasteiger partial charge in [-0.3, -0.25) is 9.78 Å². The number of fused-ring (bicyclic) bond motifs is 1. The highest BCUT2D eigenvalue weighted by atomic mass is 79.9. The number of nitrogens with one attached hydrogen (secondary N) is 1. The highest BCUT2D eigenvalue weighted by molar-refractivity contribution is 9.10. The van der Waals surface area contributed by atoms with E-state index >= 15 is 0 Å². The van der Waals surface area contributed by atoms with Crippen molar-refractivity contribution in [2.45, 2.75) is 6.42 Å². The van der Waals surface area contributed by atoms with Gasteiger partial charge in [-0.05, 0) is 48.4 Å². The van der Waals surface area contributed by atoms with Gasteiger partial charge in [0.15, 0.2) is 11.5 Å². The lowest BCUT2D eigenvalue weighted by Gasteiger charge is -2.13. The first kappa shape index (κ1) is 21.8. The predicted octanol–water partition coefficient (Wildman–Crippen LogP) is 5.05. The second-order valence-corrected chi connectivity index (χ2v) is 7.97. The Morgan fingerprint density at radius 3 is 2.56 bits per heavy atom. The molecule has 0 aliphatic rings. The zero-order valence-corrected chi connectivity index (χ0v) is 19.3. The zero-order valence-electron chi connectivity index (χ0n) is 17.8. The average Bonchev–Trinajstić information content (AvgIpc) is 2.84. The first-order valence-electron chi connectivity index (χ1n) is 10.1. The number of hydrogen-bond donors (Lipinski definition) is 1. The third-order valence-electron chi connectivity index (χ3n) is 5.15. The molecule has 1 amide bonds. The van der Waals surface area contributed by atoms with Crippen molar-refractivity contribution in [1.29, 1.82) is 0 Å². The lowest BCUT2D eigenvalue weighted by molar-refractivity contribution is 0.0955. The summed E-state index contributed by atoms with van der Waals surface area (Å²) in [5.74, 6) is 1.15. The number of para-hydroxylation sites is 1. The second kappa shape index (κ2) is 9.78. The van der Waals surface area contributed by atoms with Crippen LogP contribution in [0, 0.1) is 0 Å². The Balaban J connectivity index is 1.57. The standard InChI is InChI=1S/C25H22BrN3O3/c1-31-23-12-16(20(26)14-24(23)32-2)9-11-28-25(30)19-13-22(17-6-5-10-27-15-17)29-21-8-4-3-7-18(19)21/h3-8,10,12-15H,9,11H2,1-2H3,(H,28,30). The number of halogens is 1. The van der Waals surface area contributed by atoms with Crippen LogP contribution in [-0.4, -0.2) is 36.6 Å². The van der Waals surface area contributed by atoms with Gasteiger partial charge in [-0.1, -0.05) is 34.1 Å². The fourth-order valence-electron chi connectivity index (χ4n) is 3.52. The van der Waals surface area contributed by atoms with Crippen LogP contribution in [0.1, 0.15) is 15.9 Å². The molecule has 32 heavy (non-hydrogen) atoms. The lowest BCUT2D eigenvalue weighted by atomic mass is 10.0. The molecule has 0 aliphatic heterocycles. The van der Waals surface area contributed by atoms with Gasteiger partial charge in [0.2, 0.25) is 0 Å². The maximum atomic E-state index is 13.1. The smallest absolute Gasteiger partial charge is 0.252 e. The first-order valence-corrected chi connectivity index (χ1v) is 10.9. The maximum absolute atomic E-state index is 13.1. The van der Waals surface area contributed by atoms with Crippen LogP contribution in [0.4, 0.5) is 0 Å². The van der Waals surface area contributed by atoms with Gasteiger partial charge in [0.05, 0.1) is 31.0 Å². The Hall–Kier alpha value is -3.45. The number of pyridine rings is 2. The summed E-state index contributed by atoms with van der Waals surface area (Å²) in [6.07, 6.45) is 4.09. The number of methoxy groups -OCH3 is 2. The minimum Gasteiger partial charge on any atom is -0.493 e. The van der Waals surface area contributed by atoms with Gasteiger partial charge in [0.25, 0.3) is 5.91 Å². The highest BCUT2D eigenvalue weighted by Crippen LogP contribution is 2.33. The van der Waals surface area contributed by atoms with E-state index in [0.717, 1.165) is 26.5 Å². The quantitative estimate of drug-likeness (QED) is 0.391. The second-order valence-electron chi connectivity index (χ2n) is 7.12. The summed E-state index contributed by atoms with van der Waals surface area (Å²) in [6, 6.07) is 17.0. The monoisotopic (exact) mass is 491 g/mol. The third kappa shape index (κ3) is 4.57. The number of aromatic nitrogens is 2. The van der Waals surface area contributed by atoms with Gasteiger partial charge in [0, 0.05) is 34.4 Å². The minimum atomic E-state index is -0.148. The molecule has 1 N–H and O–H groups in total. The summed E-state index contributed by atoms with van der Waals surface area (Å²) < 4.78 is 11.6. The summed E-state index contributed by atoms with van der Waals surface area (Å²) in [5.41, 5.74) is 3.94. The average molecular weight is 492 g/mol. The molecule has 4 aromatic rings. The number of carbonyl (C=O) groups is 1. The van der Waals surface area contributed by atoms with Gasteiger partial charge < -0.3 is 14.8 Å². The molecule has 6 nitrogen and oxygen atoms in total. The van der Waals surface area contributed by atoms with Crippen LogP contribution < -0.4 is 14.8 Å². The van der Waals surface area contributed by atoms with E-state index in [-0.39, 0.29) is 5.91 Å². The van der Waals surface area contributed by atoms with Crippen molar-refractivity contribution in [3.8, 4) is 22.8 Å². The van der Waals surface area contributed by atoms with E-state index in [9.17, 15) is 4.79 Å². The molecule has 2 aromatic heterocycles. The number of nitrogens with zero attached hydrogens (tertiary/aromatic N) is 2. The predicted molar refractivity (Wildman–Crippen MR) is 128 cm³/mol. The van der Waals surface area contributed by atoms with E-state index in [0.29, 0.717) is 35.7 Å². The number of amides is 1. The fraction of sp³-hybridized carbons (Fsp3) is 0.160. The Labute approximate surface area is 194 Å². The van der Waals surface area contributed by atoms with Crippen LogP contribution in [0.15, 0.2) is 71.5 Å². The van der Waals surface area contributed by atoms with Crippen LogP contribution in [0.5, 0.6) is 11.5 Å². The van der Waals surface area contributed by atoms with E-state index in [1.165, 1.54) is 0 Å². The molecule has 0 saturated carbocycles. The molecule has 0 fully saturated rings. The van der Waals surface area contributed by atoms with Crippen LogP contribution in [0.2, 0.25) is 0 Å². The molecule has 0 bridgehead atoms. The summed E-state index contributed by atoms with van der Waals surface area (Å²) in [4.78, 5) is 22.0. The van der Waals surface area contributed by atoms with Crippen molar-refractivity contribution in [3.63, 3.8) is 0 Å². The van der Waals surface area contributed by atoms with Crippen molar-refractivity contribution in [2.75, 3.05) is 20.8 Å². The van der Waals surface area contributed by atoms with E-state index in [1.54, 1.807) is 26.6 Å². The zero-order chi connectivity index (χ0) is 22.5. The van der Waals surface area contributed by atoms with Gasteiger partial charge in [-0.15, -0.1) is 0 Å². The van der Waals surface area contributed by atoms with Crippen molar-refractivity contribution < 1.29 is 14.3 Å². The number of carbonyl (C=O) groups excluding carboxylic acids is 1. The molecule has 0 aliphatic carbocycles. The van der Waals surface area contributed by atoms with Gasteiger partial charge in [0.1, 0.15) is 0 Å². The Morgan fingerprint density at radius 1 is 1.03 bits per heavy atom. The lowest BCUT2D eigenvalue weighted by Crippen LogP contribution is -2.26. The molecule has 162 valence electrons. The van der Waals surface area contributed by atoms with Crippen LogP contribution in [0.25, 0.3) is 22.2 Å². The van der Waals surface area contributed by atoms with Gasteiger partial charge in [-0.25, -0.2) is 4.98 Å². The number of benzene rings is 2. The molecular formula is C25H22BrN3O3. The van der Waals surface area contributed by atoms with Gasteiger partial charge >= 0.3 is 0 Å². The van der Waals surface area contributed by atoms with E-state index < -0.39 is 0 Å². The first-order chi connectivity index (χ1) is 15.6.